The number of Topliss-reactive ketones (excluding diaryl/α,β-unsaturated/α-hetero) is 1. The lowest BCUT2D eigenvalue weighted by atomic mass is 9.44. The summed E-state index contributed by atoms with van der Waals surface area (Å²) in [6, 6.07) is 14.8. The number of hydrogen-bond acceptors (Lipinski definition) is 14. The number of aliphatic hydroxyl groups is 3. The third-order valence-corrected chi connectivity index (χ3v) is 12.5. The Morgan fingerprint density at radius 3 is 2.05 bits per heavy atom. The normalized spacial score (nSPS) is 33.7. The molecule has 15 nitrogen and oxygen atoms in total. The predicted molar refractivity (Wildman–Crippen MR) is 198 cm³/mol. The van der Waals surface area contributed by atoms with Crippen molar-refractivity contribution in [1.82, 2.24) is 5.32 Å². The molecule has 4 N–H and O–H groups in total. The molecule has 1 saturated heterocycles. The second-order valence-electron chi connectivity index (χ2n) is 16.2. The molecule has 0 aromatic heterocycles. The maximum Gasteiger partial charge on any atom is 0.338 e. The average Bonchev–Trinajstić information content (AvgIpc) is 3.15. The maximum absolute atomic E-state index is 15.4. The van der Waals surface area contributed by atoms with E-state index in [1.165, 1.54) is 32.9 Å². The van der Waals surface area contributed by atoms with Crippen molar-refractivity contribution >= 4 is 35.6 Å². The fourth-order valence-corrected chi connectivity index (χ4v) is 9.59. The lowest BCUT2D eigenvalue weighted by molar-refractivity contribution is -0.346. The Kier molecular flexibility index (Phi) is 11.0. The number of benzene rings is 2. The lowest BCUT2D eigenvalue weighted by Crippen LogP contribution is -2.82. The fraction of sp³-hybridized carbons (Fsp3) is 0.524. The number of amides is 1. The van der Waals surface area contributed by atoms with Crippen LogP contribution in [0.2, 0.25) is 0 Å². The van der Waals surface area contributed by atoms with Gasteiger partial charge in [0.1, 0.15) is 23.9 Å². The maximum atomic E-state index is 15.4. The summed E-state index contributed by atoms with van der Waals surface area (Å²) in [4.78, 5) is 81.5. The van der Waals surface area contributed by atoms with Crippen LogP contribution >= 0.6 is 0 Å². The van der Waals surface area contributed by atoms with Gasteiger partial charge in [-0.3, -0.25) is 19.2 Å². The second kappa shape index (κ2) is 15.1. The van der Waals surface area contributed by atoms with Gasteiger partial charge >= 0.3 is 23.9 Å². The molecule has 0 spiro atoms. The van der Waals surface area contributed by atoms with Gasteiger partial charge in [-0.25, -0.2) is 9.59 Å². The number of fused-ring (bicyclic) bond motifs is 5. The van der Waals surface area contributed by atoms with Crippen LogP contribution in [0.1, 0.15) is 83.3 Å². The molecule has 1 amide bonds. The van der Waals surface area contributed by atoms with E-state index in [-0.39, 0.29) is 29.7 Å². The standard InChI is InChI=1S/C42H49NO14/c1-21-27(55-38(51)32(48)31(43-22(2)44)25-14-10-8-11-15-25)19-42(52)36(56-37(50)26-16-12-9-13-17-26)34-40(7,28(47)18-29-41(34,20-53-29)57-24(4)46)35(49)33(54-23(3)45)30(21)39(42,5)6/h8-17,27-29,31-34,36,47-48,52H,18-20H2,1-7H3,(H,43,44)/t27?,28?,29?,31?,32?,33?,34?,36?,40-,41+,42?/m1/s1. The van der Waals surface area contributed by atoms with Crippen molar-refractivity contribution in [3.05, 3.63) is 82.9 Å². The minimum Gasteiger partial charge on any atom is -0.456 e. The van der Waals surface area contributed by atoms with Crippen molar-refractivity contribution in [3.8, 4) is 0 Å². The third kappa shape index (κ3) is 6.83. The van der Waals surface area contributed by atoms with E-state index in [1.54, 1.807) is 62.4 Å². The minimum atomic E-state index is -2.37. The molecular formula is C42H49NO14. The highest BCUT2D eigenvalue weighted by atomic mass is 16.6. The Labute approximate surface area is 329 Å². The molecule has 1 aliphatic heterocycles. The molecule has 1 heterocycles. The molecule has 0 radical (unpaired) electrons. The number of ether oxygens (including phenoxy) is 5. The quantitative estimate of drug-likeness (QED) is 0.163. The number of carbonyl (C=O) groups is 6. The zero-order valence-corrected chi connectivity index (χ0v) is 32.8. The first-order chi connectivity index (χ1) is 26.7. The molecule has 6 rings (SSSR count). The number of nitrogens with one attached hydrogen (secondary N) is 1. The zero-order chi connectivity index (χ0) is 41.8. The Bertz CT molecular complexity index is 1980. The van der Waals surface area contributed by atoms with Crippen LogP contribution < -0.4 is 5.32 Å². The van der Waals surface area contributed by atoms with E-state index in [0.29, 0.717) is 5.56 Å². The number of aliphatic hydroxyl groups excluding tert-OH is 2. The summed E-state index contributed by atoms with van der Waals surface area (Å²) in [6.45, 7) is 9.19. The highest BCUT2D eigenvalue weighted by Gasteiger charge is 2.78. The molecule has 2 bridgehead atoms. The third-order valence-electron chi connectivity index (χ3n) is 12.5. The van der Waals surface area contributed by atoms with Gasteiger partial charge in [0.2, 0.25) is 5.91 Å². The Hall–Kier alpha value is -4.96. The largest absolute Gasteiger partial charge is 0.456 e. The van der Waals surface area contributed by atoms with Crippen LogP contribution in [-0.2, 0) is 47.7 Å². The molecule has 11 atom stereocenters. The average molecular weight is 792 g/mol. The summed E-state index contributed by atoms with van der Waals surface area (Å²) in [7, 11) is 0. The molecule has 2 aromatic carbocycles. The van der Waals surface area contributed by atoms with E-state index in [4.69, 9.17) is 23.7 Å². The van der Waals surface area contributed by atoms with E-state index in [1.807, 2.05) is 0 Å². The molecule has 2 saturated carbocycles. The number of ketones is 1. The summed E-state index contributed by atoms with van der Waals surface area (Å²) in [5.74, 6) is -6.74. The summed E-state index contributed by atoms with van der Waals surface area (Å²) in [5.41, 5.74) is -7.15. The summed E-state index contributed by atoms with van der Waals surface area (Å²) in [6.07, 6.45) is -10.3. The van der Waals surface area contributed by atoms with Crippen molar-refractivity contribution in [1.29, 1.82) is 0 Å². The minimum absolute atomic E-state index is 0.00589. The first kappa shape index (κ1) is 41.7. The van der Waals surface area contributed by atoms with Crippen LogP contribution in [0.15, 0.2) is 71.8 Å². The van der Waals surface area contributed by atoms with Gasteiger partial charge in [-0.05, 0) is 42.7 Å². The summed E-state index contributed by atoms with van der Waals surface area (Å²) >= 11 is 0. The van der Waals surface area contributed by atoms with Crippen molar-refractivity contribution < 1.29 is 67.8 Å². The zero-order valence-electron chi connectivity index (χ0n) is 32.8. The molecule has 2 aromatic rings. The van der Waals surface area contributed by atoms with Crippen LogP contribution in [0.25, 0.3) is 0 Å². The van der Waals surface area contributed by atoms with Gasteiger partial charge in [-0.2, -0.15) is 0 Å². The first-order valence-electron chi connectivity index (χ1n) is 18.8. The van der Waals surface area contributed by atoms with Gasteiger partial charge in [-0.1, -0.05) is 62.4 Å². The van der Waals surface area contributed by atoms with Gasteiger partial charge in [0.15, 0.2) is 23.6 Å². The van der Waals surface area contributed by atoms with Crippen LogP contribution in [0, 0.1) is 16.7 Å². The predicted octanol–water partition coefficient (Wildman–Crippen LogP) is 2.44. The van der Waals surface area contributed by atoms with Crippen LogP contribution in [0.5, 0.6) is 0 Å². The molecule has 3 fully saturated rings. The van der Waals surface area contributed by atoms with E-state index in [0.717, 1.165) is 13.8 Å². The molecular weight excluding hydrogens is 742 g/mol. The summed E-state index contributed by atoms with van der Waals surface area (Å²) in [5, 5.41) is 39.5. The number of esters is 4. The molecule has 57 heavy (non-hydrogen) atoms. The van der Waals surface area contributed by atoms with E-state index >= 15 is 4.79 Å². The SMILES string of the molecule is CC(=O)NC(c1ccccc1)C(O)C(=O)OC1CC2(O)C(OC(=O)c3ccccc3)C3[C@]4(OC(C)=O)COC4CC(O)[C@@]3(C)C(=O)C(OC(C)=O)C(=C1C)C2(C)C. The van der Waals surface area contributed by atoms with Gasteiger partial charge in [0, 0.05) is 39.0 Å². The highest BCUT2D eigenvalue weighted by Crippen LogP contribution is 2.64. The number of rotatable bonds is 9. The van der Waals surface area contributed by atoms with Crippen LogP contribution in [-0.4, -0.2) is 105 Å². The van der Waals surface area contributed by atoms with E-state index in [9.17, 15) is 39.3 Å². The second-order valence-corrected chi connectivity index (χ2v) is 16.2. The molecule has 15 heteroatoms. The molecule has 306 valence electrons. The molecule has 9 unspecified atom stereocenters. The van der Waals surface area contributed by atoms with Gasteiger partial charge in [0.05, 0.1) is 35.6 Å². The Morgan fingerprint density at radius 1 is 0.895 bits per heavy atom. The Morgan fingerprint density at radius 2 is 1.51 bits per heavy atom. The van der Waals surface area contributed by atoms with Crippen molar-refractivity contribution in [3.63, 3.8) is 0 Å². The van der Waals surface area contributed by atoms with Gasteiger partial charge < -0.3 is 44.3 Å². The van der Waals surface area contributed by atoms with Gasteiger partial charge in [0.25, 0.3) is 0 Å². The number of carbonyl (C=O) groups excluding carboxylic acids is 6. The topological polar surface area (TPSA) is 221 Å². The van der Waals surface area contributed by atoms with Crippen LogP contribution in [0.3, 0.4) is 0 Å². The molecule has 3 aliphatic carbocycles. The van der Waals surface area contributed by atoms with Crippen LogP contribution in [0.4, 0.5) is 0 Å². The van der Waals surface area contributed by atoms with E-state index < -0.39 is 113 Å². The Balaban J connectivity index is 1.57. The van der Waals surface area contributed by atoms with Crippen molar-refractivity contribution in [2.24, 2.45) is 16.7 Å². The fourth-order valence-electron chi connectivity index (χ4n) is 9.59. The smallest absolute Gasteiger partial charge is 0.338 e. The van der Waals surface area contributed by atoms with Gasteiger partial charge in [-0.15, -0.1) is 0 Å². The highest BCUT2D eigenvalue weighted by molar-refractivity contribution is 5.95. The van der Waals surface area contributed by atoms with E-state index in [2.05, 4.69) is 5.32 Å². The monoisotopic (exact) mass is 791 g/mol. The van der Waals surface area contributed by atoms with Crippen molar-refractivity contribution in [2.75, 3.05) is 6.61 Å². The summed E-state index contributed by atoms with van der Waals surface area (Å²) < 4.78 is 30.0. The lowest BCUT2D eigenvalue weighted by Gasteiger charge is -2.67. The van der Waals surface area contributed by atoms with Crippen molar-refractivity contribution in [2.45, 2.75) is 115 Å². The molecule has 4 aliphatic rings. The number of hydrogen-bond donors (Lipinski definition) is 4. The first-order valence-corrected chi connectivity index (χ1v) is 18.8.